The van der Waals surface area contributed by atoms with Crippen LogP contribution < -0.4 is 0 Å². The Kier molecular flexibility index (Phi) is 6.33. The number of likely N-dealkylation sites (N-methyl/N-ethyl adjacent to an activating group) is 1. The number of halogens is 1. The van der Waals surface area contributed by atoms with E-state index in [1.54, 1.807) is 36.2 Å². The molecular weight excluding hydrogens is 454 g/mol. The minimum absolute atomic E-state index is 0.00133. The smallest absolute Gasteiger partial charge is 0.320 e. The summed E-state index contributed by atoms with van der Waals surface area (Å²) in [6.07, 6.45) is -0.423. The molecule has 2 heterocycles. The van der Waals surface area contributed by atoms with Crippen molar-refractivity contribution in [3.8, 4) is 0 Å². The van der Waals surface area contributed by atoms with E-state index >= 15 is 0 Å². The maximum atomic E-state index is 12.8. The van der Waals surface area contributed by atoms with Gasteiger partial charge in [-0.15, -0.1) is 0 Å². The van der Waals surface area contributed by atoms with Crippen LogP contribution in [0.15, 0.2) is 41.3 Å². The molecule has 10 heteroatoms. The van der Waals surface area contributed by atoms with Gasteiger partial charge in [0.15, 0.2) is 9.84 Å². The van der Waals surface area contributed by atoms with Crippen molar-refractivity contribution in [2.24, 2.45) is 0 Å². The lowest BCUT2D eigenvalue weighted by atomic mass is 10.0. The number of aliphatic hydroxyl groups excluding tert-OH is 1. The first-order valence-electron chi connectivity index (χ1n) is 10.6. The van der Waals surface area contributed by atoms with Crippen molar-refractivity contribution in [3.63, 3.8) is 0 Å². The van der Waals surface area contributed by atoms with Gasteiger partial charge in [-0.2, -0.15) is 0 Å². The fourth-order valence-corrected chi connectivity index (χ4v) is 5.89. The van der Waals surface area contributed by atoms with Crippen LogP contribution in [0.3, 0.4) is 0 Å². The number of fused-ring (bicyclic) bond motifs is 1. The van der Waals surface area contributed by atoms with E-state index in [2.05, 4.69) is 0 Å². The van der Waals surface area contributed by atoms with Crippen LogP contribution in [0.2, 0.25) is 5.02 Å². The average molecular weight is 480 g/mol. The van der Waals surface area contributed by atoms with E-state index in [-0.39, 0.29) is 17.0 Å². The number of rotatable bonds is 5. The number of hydrogen-bond acceptors (Lipinski definition) is 5. The number of likely N-dealkylation sites (tertiary alicyclic amines) is 1. The van der Waals surface area contributed by atoms with Gasteiger partial charge in [0.25, 0.3) is 5.91 Å². The Labute approximate surface area is 192 Å². The second kappa shape index (κ2) is 8.88. The molecule has 0 aromatic heterocycles. The van der Waals surface area contributed by atoms with Crippen LogP contribution in [0.25, 0.3) is 10.8 Å². The van der Waals surface area contributed by atoms with E-state index in [1.807, 2.05) is 4.90 Å². The lowest BCUT2D eigenvalue weighted by Gasteiger charge is -2.37. The first kappa shape index (κ1) is 22.8. The second-order valence-electron chi connectivity index (χ2n) is 8.40. The largest absolute Gasteiger partial charge is 0.382 e. The Morgan fingerprint density at radius 1 is 1.09 bits per heavy atom. The van der Waals surface area contributed by atoms with Crippen LogP contribution in [0.1, 0.15) is 12.8 Å². The van der Waals surface area contributed by atoms with Crippen LogP contribution in [-0.4, -0.2) is 91.3 Å². The van der Waals surface area contributed by atoms with Gasteiger partial charge in [0, 0.05) is 44.3 Å². The van der Waals surface area contributed by atoms with E-state index < -0.39 is 27.6 Å². The predicted octanol–water partition coefficient (Wildman–Crippen LogP) is 1.99. The number of carbonyl (C=O) groups is 2. The third-order valence-corrected chi connectivity index (χ3v) is 8.22. The van der Waals surface area contributed by atoms with Crippen molar-refractivity contribution >= 4 is 44.1 Å². The highest BCUT2D eigenvalue weighted by Crippen LogP contribution is 2.25. The third-order valence-electron chi connectivity index (χ3n) is 6.26. The molecule has 172 valence electrons. The van der Waals surface area contributed by atoms with Gasteiger partial charge in [-0.3, -0.25) is 4.79 Å². The Hall–Kier alpha value is -2.36. The maximum Gasteiger partial charge on any atom is 0.320 e. The van der Waals surface area contributed by atoms with Crippen LogP contribution >= 0.6 is 11.6 Å². The Morgan fingerprint density at radius 3 is 2.41 bits per heavy atom. The number of carbonyl (C=O) groups excluding carboxylic acids is 2. The summed E-state index contributed by atoms with van der Waals surface area (Å²) in [7, 11) is -2.10. The number of aliphatic hydroxyl groups is 1. The monoisotopic (exact) mass is 479 g/mol. The van der Waals surface area contributed by atoms with Gasteiger partial charge >= 0.3 is 6.03 Å². The molecular formula is C22H26ClN3O5S. The van der Waals surface area contributed by atoms with Crippen molar-refractivity contribution in [2.75, 3.05) is 39.0 Å². The van der Waals surface area contributed by atoms with Gasteiger partial charge in [0.05, 0.1) is 10.6 Å². The van der Waals surface area contributed by atoms with Gasteiger partial charge in [-0.1, -0.05) is 23.7 Å². The molecule has 2 aromatic carbocycles. The first-order chi connectivity index (χ1) is 15.2. The van der Waals surface area contributed by atoms with E-state index in [0.29, 0.717) is 49.4 Å². The number of hydrogen-bond donors (Lipinski definition) is 1. The van der Waals surface area contributed by atoms with E-state index in [1.165, 1.54) is 17.0 Å². The molecule has 0 spiro atoms. The molecule has 0 radical (unpaired) electrons. The van der Waals surface area contributed by atoms with Crippen molar-refractivity contribution in [1.82, 2.24) is 14.7 Å². The lowest BCUT2D eigenvalue weighted by molar-refractivity contribution is -0.140. The van der Waals surface area contributed by atoms with E-state index in [0.717, 1.165) is 5.39 Å². The zero-order chi connectivity index (χ0) is 23.0. The zero-order valence-corrected chi connectivity index (χ0v) is 19.3. The SMILES string of the molecule is CN1CCN(C2CCN(C(=O)C(O)CS(=O)(=O)c3ccc4cc(Cl)ccc4c3)CC2)C1=O. The zero-order valence-electron chi connectivity index (χ0n) is 17.8. The van der Waals surface area contributed by atoms with Gasteiger partial charge in [-0.05, 0) is 47.9 Å². The number of nitrogens with zero attached hydrogens (tertiary/aromatic N) is 3. The molecule has 2 fully saturated rings. The van der Waals surface area contributed by atoms with Gasteiger partial charge < -0.3 is 19.8 Å². The Balaban J connectivity index is 1.38. The highest BCUT2D eigenvalue weighted by Gasteiger charge is 2.36. The van der Waals surface area contributed by atoms with Gasteiger partial charge in [-0.25, -0.2) is 13.2 Å². The molecule has 1 N–H and O–H groups in total. The molecule has 0 saturated carbocycles. The fraction of sp³-hybridized carbons (Fsp3) is 0.455. The standard InChI is InChI=1S/C22H26ClN3O5S/c1-24-10-11-26(22(24)29)18-6-8-25(9-7-18)21(28)20(27)14-32(30,31)19-5-3-15-12-17(23)4-2-16(15)13-19/h2-5,12-13,18,20,27H,6-11,14H2,1H3. The molecule has 1 unspecified atom stereocenters. The molecule has 2 aliphatic rings. The van der Waals surface area contributed by atoms with Crippen LogP contribution in [0.5, 0.6) is 0 Å². The molecule has 32 heavy (non-hydrogen) atoms. The van der Waals surface area contributed by atoms with Gasteiger partial charge in [0.2, 0.25) is 0 Å². The molecule has 3 amide bonds. The molecule has 0 aliphatic carbocycles. The number of piperidine rings is 1. The van der Waals surface area contributed by atoms with Crippen LogP contribution in [-0.2, 0) is 14.6 Å². The van der Waals surface area contributed by atoms with Crippen molar-refractivity contribution < 1.29 is 23.1 Å². The van der Waals surface area contributed by atoms with Crippen LogP contribution in [0.4, 0.5) is 4.79 Å². The first-order valence-corrected chi connectivity index (χ1v) is 12.6. The summed E-state index contributed by atoms with van der Waals surface area (Å²) < 4.78 is 25.7. The maximum absolute atomic E-state index is 12.8. The normalized spacial score (nSPS) is 19.1. The molecule has 2 aliphatic heterocycles. The predicted molar refractivity (Wildman–Crippen MR) is 121 cm³/mol. The highest BCUT2D eigenvalue weighted by molar-refractivity contribution is 7.91. The van der Waals surface area contributed by atoms with Gasteiger partial charge in [0.1, 0.15) is 6.10 Å². The third kappa shape index (κ3) is 4.55. The summed E-state index contributed by atoms with van der Waals surface area (Å²) >= 11 is 5.97. The lowest BCUT2D eigenvalue weighted by Crippen LogP contribution is -2.50. The van der Waals surface area contributed by atoms with E-state index in [9.17, 15) is 23.1 Å². The number of sulfone groups is 1. The molecule has 4 rings (SSSR count). The number of amides is 3. The average Bonchev–Trinajstić information content (AvgIpc) is 3.11. The van der Waals surface area contributed by atoms with E-state index in [4.69, 9.17) is 11.6 Å². The van der Waals surface area contributed by atoms with Crippen molar-refractivity contribution in [3.05, 3.63) is 41.4 Å². The highest BCUT2D eigenvalue weighted by atomic mass is 35.5. The van der Waals surface area contributed by atoms with Crippen molar-refractivity contribution in [1.29, 1.82) is 0 Å². The summed E-state index contributed by atoms with van der Waals surface area (Å²) in [5.41, 5.74) is 0. The summed E-state index contributed by atoms with van der Waals surface area (Å²) in [5.74, 6) is -1.27. The molecule has 2 saturated heterocycles. The molecule has 8 nitrogen and oxygen atoms in total. The Morgan fingerprint density at radius 2 is 1.75 bits per heavy atom. The molecule has 0 bridgehead atoms. The van der Waals surface area contributed by atoms with Crippen LogP contribution in [0, 0.1) is 0 Å². The Bertz CT molecular complexity index is 1150. The number of urea groups is 1. The molecule has 1 atom stereocenters. The van der Waals surface area contributed by atoms with Crippen molar-refractivity contribution in [2.45, 2.75) is 29.9 Å². The molecule has 2 aromatic rings. The topological polar surface area (TPSA) is 98.2 Å². The summed E-state index contributed by atoms with van der Waals surface area (Å²) in [6.45, 7) is 2.12. The quantitative estimate of drug-likeness (QED) is 0.707. The summed E-state index contributed by atoms with van der Waals surface area (Å²) in [4.78, 5) is 29.9. The minimum Gasteiger partial charge on any atom is -0.382 e. The number of benzene rings is 2. The summed E-state index contributed by atoms with van der Waals surface area (Å²) in [6, 6.07) is 9.84. The summed E-state index contributed by atoms with van der Waals surface area (Å²) in [5, 5.41) is 12.5. The second-order valence-corrected chi connectivity index (χ2v) is 10.9. The minimum atomic E-state index is -3.87. The fourth-order valence-electron chi connectivity index (χ4n) is 4.38.